The lowest BCUT2D eigenvalue weighted by Gasteiger charge is -2.14. The summed E-state index contributed by atoms with van der Waals surface area (Å²) in [5, 5.41) is 0.575. The first-order chi connectivity index (χ1) is 11.6. The van der Waals surface area contributed by atoms with Crippen LogP contribution in [0.25, 0.3) is 0 Å². The molecule has 0 spiro atoms. The van der Waals surface area contributed by atoms with Crippen LogP contribution in [-0.4, -0.2) is 30.4 Å². The molecule has 6 heteroatoms. The normalized spacial score (nSPS) is 18.9. The minimum Gasteiger partial charge on any atom is -0.462 e. The Hall–Kier alpha value is -1.82. The summed E-state index contributed by atoms with van der Waals surface area (Å²) >= 11 is 1.49. The number of fused-ring (bicyclic) bond motifs is 1. The van der Waals surface area contributed by atoms with Gasteiger partial charge >= 0.3 is 5.97 Å². The molecule has 1 aromatic rings. The van der Waals surface area contributed by atoms with E-state index in [-0.39, 0.29) is 17.5 Å². The molecule has 3 rings (SSSR count). The smallest absolute Gasteiger partial charge is 0.341 e. The van der Waals surface area contributed by atoms with Gasteiger partial charge in [-0.1, -0.05) is 0 Å². The summed E-state index contributed by atoms with van der Waals surface area (Å²) < 4.78 is 5.19. The van der Waals surface area contributed by atoms with Crippen LogP contribution in [0.5, 0.6) is 0 Å². The van der Waals surface area contributed by atoms with Crippen molar-refractivity contribution in [2.75, 3.05) is 6.61 Å². The minimum atomic E-state index is -0.757. The Morgan fingerprint density at radius 2 is 1.88 bits per heavy atom. The Morgan fingerprint density at radius 1 is 1.17 bits per heavy atom. The molecule has 0 radical (unpaired) electrons. The molecular formula is C18H21NO4S. The highest BCUT2D eigenvalue weighted by molar-refractivity contribution is 7.16. The third-order valence-electron chi connectivity index (χ3n) is 4.51. The van der Waals surface area contributed by atoms with Crippen LogP contribution in [0, 0.1) is 5.92 Å². The predicted molar refractivity (Wildman–Crippen MR) is 92.4 cm³/mol. The summed E-state index contributed by atoms with van der Waals surface area (Å²) in [6, 6.07) is 0. The number of hydrogen-bond acceptors (Lipinski definition) is 6. The Morgan fingerprint density at radius 3 is 2.58 bits per heavy atom. The summed E-state index contributed by atoms with van der Waals surface area (Å²) in [5.41, 5.74) is 1.57. The quantitative estimate of drug-likeness (QED) is 0.475. The Bertz CT molecular complexity index is 688. The zero-order valence-electron chi connectivity index (χ0n) is 13.8. The molecular weight excluding hydrogens is 326 g/mol. The first-order valence-corrected chi connectivity index (χ1v) is 9.34. The average molecular weight is 347 g/mol. The number of nitrogens with zero attached hydrogens (tertiary/aromatic N) is 1. The van der Waals surface area contributed by atoms with Gasteiger partial charge in [0.2, 0.25) is 0 Å². The topological polar surface area (TPSA) is 72.8 Å². The van der Waals surface area contributed by atoms with Crippen molar-refractivity contribution in [2.24, 2.45) is 10.9 Å². The number of rotatable bonds is 4. The second-order valence-corrected chi connectivity index (χ2v) is 7.24. The Balaban J connectivity index is 1.93. The molecule has 2 aliphatic rings. The number of carbonyl (C=O) groups excluding carboxylic acids is 3. The highest BCUT2D eigenvalue weighted by Crippen LogP contribution is 2.40. The van der Waals surface area contributed by atoms with Crippen LogP contribution in [0.3, 0.4) is 0 Å². The summed E-state index contributed by atoms with van der Waals surface area (Å²) in [7, 11) is 0. The third kappa shape index (κ3) is 3.34. The summed E-state index contributed by atoms with van der Waals surface area (Å²) in [6.45, 7) is 2.09. The lowest BCUT2D eigenvalue weighted by molar-refractivity contribution is -0.132. The van der Waals surface area contributed by atoms with Crippen molar-refractivity contribution in [2.45, 2.75) is 51.9 Å². The van der Waals surface area contributed by atoms with Crippen molar-refractivity contribution in [1.29, 1.82) is 0 Å². The van der Waals surface area contributed by atoms with Gasteiger partial charge in [-0.05, 0) is 44.6 Å². The van der Waals surface area contributed by atoms with Crippen LogP contribution in [0.1, 0.15) is 59.8 Å². The fraction of sp³-hybridized carbons (Fsp3) is 0.556. The predicted octanol–water partition coefficient (Wildman–Crippen LogP) is 3.44. The van der Waals surface area contributed by atoms with Gasteiger partial charge in [0, 0.05) is 23.9 Å². The number of aryl methyl sites for hydroxylation is 1. The lowest BCUT2D eigenvalue weighted by Crippen LogP contribution is -2.29. The van der Waals surface area contributed by atoms with Gasteiger partial charge in [-0.25, -0.2) is 9.79 Å². The van der Waals surface area contributed by atoms with Crippen molar-refractivity contribution in [1.82, 2.24) is 0 Å². The van der Waals surface area contributed by atoms with Crippen molar-refractivity contribution in [3.63, 3.8) is 0 Å². The van der Waals surface area contributed by atoms with Gasteiger partial charge in [-0.3, -0.25) is 9.59 Å². The molecule has 128 valence electrons. The highest BCUT2D eigenvalue weighted by atomic mass is 32.1. The van der Waals surface area contributed by atoms with Gasteiger partial charge < -0.3 is 4.74 Å². The monoisotopic (exact) mass is 347 g/mol. The largest absolute Gasteiger partial charge is 0.462 e. The van der Waals surface area contributed by atoms with Crippen LogP contribution in [0.15, 0.2) is 4.99 Å². The minimum absolute atomic E-state index is 0.0750. The van der Waals surface area contributed by atoms with E-state index in [2.05, 4.69) is 4.99 Å². The number of thiophene rings is 1. The van der Waals surface area contributed by atoms with E-state index in [1.807, 2.05) is 0 Å². The Labute approximate surface area is 145 Å². The zero-order chi connectivity index (χ0) is 17.1. The molecule has 0 amide bonds. The summed E-state index contributed by atoms with van der Waals surface area (Å²) in [4.78, 5) is 41.8. The second kappa shape index (κ2) is 7.38. The zero-order valence-corrected chi connectivity index (χ0v) is 14.6. The van der Waals surface area contributed by atoms with Gasteiger partial charge in [0.1, 0.15) is 22.5 Å². The van der Waals surface area contributed by atoms with Gasteiger partial charge in [-0.2, -0.15) is 0 Å². The van der Waals surface area contributed by atoms with E-state index in [9.17, 15) is 14.4 Å². The SMILES string of the molecule is CCOC(=O)c1c(N=CC2C(=O)CCCC2=O)sc2c1CCCC2. The number of aliphatic imine (C=N–C) groups is 1. The van der Waals surface area contributed by atoms with E-state index < -0.39 is 5.92 Å². The molecule has 0 unspecified atom stereocenters. The maximum absolute atomic E-state index is 12.4. The van der Waals surface area contributed by atoms with Crippen molar-refractivity contribution >= 4 is 40.1 Å². The first kappa shape index (κ1) is 17.0. The number of hydrogen-bond donors (Lipinski definition) is 0. The molecule has 1 fully saturated rings. The summed E-state index contributed by atoms with van der Waals surface area (Å²) in [6.07, 6.45) is 6.88. The number of ketones is 2. The summed E-state index contributed by atoms with van der Waals surface area (Å²) in [5.74, 6) is -1.26. The van der Waals surface area contributed by atoms with E-state index in [1.54, 1.807) is 6.92 Å². The molecule has 0 N–H and O–H groups in total. The maximum atomic E-state index is 12.4. The molecule has 0 atom stereocenters. The number of carbonyl (C=O) groups is 3. The van der Waals surface area contributed by atoms with Crippen LogP contribution >= 0.6 is 11.3 Å². The van der Waals surface area contributed by atoms with Gasteiger partial charge in [0.05, 0.1) is 12.2 Å². The van der Waals surface area contributed by atoms with E-state index in [0.717, 1.165) is 31.2 Å². The van der Waals surface area contributed by atoms with E-state index >= 15 is 0 Å². The molecule has 0 aliphatic heterocycles. The van der Waals surface area contributed by atoms with Crippen LogP contribution < -0.4 is 0 Å². The van der Waals surface area contributed by atoms with Gasteiger partial charge in [0.25, 0.3) is 0 Å². The number of esters is 1. The molecule has 0 saturated heterocycles. The third-order valence-corrected chi connectivity index (χ3v) is 5.71. The molecule has 1 heterocycles. The highest BCUT2D eigenvalue weighted by Gasteiger charge is 2.30. The van der Waals surface area contributed by atoms with Crippen LogP contribution in [0.4, 0.5) is 5.00 Å². The standard InChI is InChI=1S/C18H21NO4S/c1-2-23-18(22)16-11-6-3-4-9-15(11)24-17(16)19-10-12-13(20)7-5-8-14(12)21/h10,12H,2-9H2,1H3. The first-order valence-electron chi connectivity index (χ1n) is 8.53. The number of ether oxygens (including phenoxy) is 1. The second-order valence-electron chi connectivity index (χ2n) is 6.15. The van der Waals surface area contributed by atoms with Crippen LogP contribution in [-0.2, 0) is 27.2 Å². The molecule has 1 aromatic heterocycles. The fourth-order valence-corrected chi connectivity index (χ4v) is 4.52. The van der Waals surface area contributed by atoms with E-state index in [0.29, 0.717) is 36.4 Å². The van der Waals surface area contributed by atoms with Crippen molar-refractivity contribution in [3.8, 4) is 0 Å². The lowest BCUT2D eigenvalue weighted by atomic mass is 9.87. The molecule has 0 bridgehead atoms. The molecule has 2 aliphatic carbocycles. The maximum Gasteiger partial charge on any atom is 0.341 e. The number of Topliss-reactive ketones (excluding diaryl/α,β-unsaturated/α-hetero) is 2. The molecule has 5 nitrogen and oxygen atoms in total. The molecule has 1 saturated carbocycles. The Kier molecular flexibility index (Phi) is 5.23. The fourth-order valence-electron chi connectivity index (χ4n) is 3.29. The molecule has 24 heavy (non-hydrogen) atoms. The van der Waals surface area contributed by atoms with E-state index in [1.165, 1.54) is 22.4 Å². The van der Waals surface area contributed by atoms with Gasteiger partial charge in [-0.15, -0.1) is 11.3 Å². The van der Waals surface area contributed by atoms with E-state index in [4.69, 9.17) is 4.74 Å². The van der Waals surface area contributed by atoms with Crippen molar-refractivity contribution < 1.29 is 19.1 Å². The van der Waals surface area contributed by atoms with Crippen molar-refractivity contribution in [3.05, 3.63) is 16.0 Å². The van der Waals surface area contributed by atoms with Gasteiger partial charge in [0.15, 0.2) is 0 Å². The molecule has 0 aromatic carbocycles. The average Bonchev–Trinajstić information content (AvgIpc) is 2.93. The van der Waals surface area contributed by atoms with Crippen LogP contribution in [0.2, 0.25) is 0 Å².